The fourth-order valence-corrected chi connectivity index (χ4v) is 2.91. The predicted octanol–water partition coefficient (Wildman–Crippen LogP) is 4.08. The number of benzene rings is 1. The number of halogens is 1. The number of rotatable bonds is 6. The summed E-state index contributed by atoms with van der Waals surface area (Å²) < 4.78 is 1.63. The van der Waals surface area contributed by atoms with Gasteiger partial charge in [0.25, 0.3) is 11.8 Å². The van der Waals surface area contributed by atoms with Crippen LogP contribution < -0.4 is 10.6 Å². The topological polar surface area (TPSA) is 75.5 Å². The van der Waals surface area contributed by atoms with Crippen molar-refractivity contribution in [2.45, 2.75) is 26.7 Å². The van der Waals surface area contributed by atoms with Crippen molar-refractivity contribution in [2.24, 2.45) is 0 Å². The number of nitrogens with zero attached hydrogens (tertiary/aromatic N) is 2. The van der Waals surface area contributed by atoms with E-state index in [0.717, 1.165) is 18.4 Å². The summed E-state index contributed by atoms with van der Waals surface area (Å²) >= 11 is 6.02. The Hall–Kier alpha value is -2.86. The lowest BCUT2D eigenvalue weighted by molar-refractivity contribution is 0.0942. The lowest BCUT2D eigenvalue weighted by atomic mass is 10.2. The Morgan fingerprint density at radius 3 is 2.78 bits per heavy atom. The van der Waals surface area contributed by atoms with E-state index in [0.29, 0.717) is 22.8 Å². The number of carbonyl (C=O) groups excluding carboxylic acids is 2. The lowest BCUT2D eigenvalue weighted by Crippen LogP contribution is -2.26. The molecule has 2 amide bonds. The van der Waals surface area contributed by atoms with Crippen molar-refractivity contribution in [1.29, 1.82) is 0 Å². The Labute approximate surface area is 162 Å². The van der Waals surface area contributed by atoms with Crippen LogP contribution in [-0.4, -0.2) is 27.7 Å². The predicted molar refractivity (Wildman–Crippen MR) is 107 cm³/mol. The minimum absolute atomic E-state index is 0.190. The zero-order valence-electron chi connectivity index (χ0n) is 15.3. The van der Waals surface area contributed by atoms with E-state index >= 15 is 0 Å². The van der Waals surface area contributed by atoms with Gasteiger partial charge in [-0.2, -0.15) is 0 Å². The third kappa shape index (κ3) is 4.11. The molecule has 0 saturated carbocycles. The first-order chi connectivity index (χ1) is 13.0. The van der Waals surface area contributed by atoms with Crippen molar-refractivity contribution in [1.82, 2.24) is 14.7 Å². The third-order valence-corrected chi connectivity index (χ3v) is 4.47. The highest BCUT2D eigenvalue weighted by molar-refractivity contribution is 6.31. The number of aryl methyl sites for hydroxylation is 1. The highest BCUT2D eigenvalue weighted by Gasteiger charge is 2.21. The van der Waals surface area contributed by atoms with Crippen LogP contribution in [0.15, 0.2) is 42.6 Å². The normalized spacial score (nSPS) is 10.8. The second-order valence-corrected chi connectivity index (χ2v) is 6.70. The molecule has 2 heterocycles. The van der Waals surface area contributed by atoms with E-state index in [1.54, 1.807) is 40.9 Å². The van der Waals surface area contributed by atoms with Crippen LogP contribution in [0.2, 0.25) is 5.02 Å². The Balaban J connectivity index is 1.93. The second kappa shape index (κ2) is 8.22. The first-order valence-corrected chi connectivity index (χ1v) is 9.22. The molecule has 0 fully saturated rings. The number of pyridine rings is 1. The summed E-state index contributed by atoms with van der Waals surface area (Å²) in [7, 11) is 0. The van der Waals surface area contributed by atoms with Crippen molar-refractivity contribution in [2.75, 3.05) is 11.9 Å². The molecule has 0 bridgehead atoms. The maximum atomic E-state index is 12.8. The van der Waals surface area contributed by atoms with Crippen LogP contribution in [0.5, 0.6) is 0 Å². The number of hydrogen-bond acceptors (Lipinski definition) is 3. The number of imidazole rings is 1. The number of amides is 2. The number of anilines is 1. The molecular weight excluding hydrogens is 364 g/mol. The molecule has 0 atom stereocenters. The SMILES string of the molecule is CCCCNC(=O)c1nc(C(=O)Nc2cc(Cl)ccc2C)c2ccccn12. The number of nitrogens with one attached hydrogen (secondary N) is 2. The van der Waals surface area contributed by atoms with E-state index in [1.165, 1.54) is 0 Å². The van der Waals surface area contributed by atoms with Crippen molar-refractivity contribution in [3.05, 3.63) is 64.7 Å². The highest BCUT2D eigenvalue weighted by Crippen LogP contribution is 2.22. The van der Waals surface area contributed by atoms with Gasteiger partial charge in [-0.25, -0.2) is 4.98 Å². The van der Waals surface area contributed by atoms with E-state index in [9.17, 15) is 9.59 Å². The van der Waals surface area contributed by atoms with Gasteiger partial charge >= 0.3 is 0 Å². The molecule has 7 heteroatoms. The molecule has 0 aliphatic carbocycles. The molecule has 0 aliphatic heterocycles. The van der Waals surface area contributed by atoms with Crippen LogP contribution in [0, 0.1) is 6.92 Å². The van der Waals surface area contributed by atoms with Crippen molar-refractivity contribution < 1.29 is 9.59 Å². The molecule has 0 unspecified atom stereocenters. The average Bonchev–Trinajstić information content (AvgIpc) is 3.05. The molecule has 1 aromatic carbocycles. The molecule has 2 aromatic heterocycles. The second-order valence-electron chi connectivity index (χ2n) is 6.26. The minimum Gasteiger partial charge on any atom is -0.349 e. The molecule has 3 aromatic rings. The van der Waals surface area contributed by atoms with E-state index in [-0.39, 0.29) is 17.4 Å². The maximum absolute atomic E-state index is 12.8. The van der Waals surface area contributed by atoms with Crippen LogP contribution in [0.1, 0.15) is 46.4 Å². The summed E-state index contributed by atoms with van der Waals surface area (Å²) in [5, 5.41) is 6.20. The largest absolute Gasteiger partial charge is 0.349 e. The van der Waals surface area contributed by atoms with Gasteiger partial charge in [-0.05, 0) is 43.2 Å². The number of aromatic nitrogens is 2. The summed E-state index contributed by atoms with van der Waals surface area (Å²) in [6.45, 7) is 4.50. The molecule has 3 rings (SSSR count). The van der Waals surface area contributed by atoms with E-state index in [4.69, 9.17) is 11.6 Å². The van der Waals surface area contributed by atoms with Gasteiger partial charge in [0.2, 0.25) is 5.82 Å². The van der Waals surface area contributed by atoms with Gasteiger partial charge in [0.1, 0.15) is 0 Å². The van der Waals surface area contributed by atoms with Gasteiger partial charge < -0.3 is 10.6 Å². The Kier molecular flexibility index (Phi) is 5.76. The summed E-state index contributed by atoms with van der Waals surface area (Å²) in [4.78, 5) is 29.6. The number of unbranched alkanes of at least 4 members (excludes halogenated alkanes) is 1. The van der Waals surface area contributed by atoms with Crippen molar-refractivity contribution in [3.8, 4) is 0 Å². The summed E-state index contributed by atoms with van der Waals surface area (Å²) in [5.74, 6) is -0.506. The monoisotopic (exact) mass is 384 g/mol. The maximum Gasteiger partial charge on any atom is 0.287 e. The van der Waals surface area contributed by atoms with Crippen LogP contribution in [-0.2, 0) is 0 Å². The molecule has 0 aliphatic rings. The fourth-order valence-electron chi connectivity index (χ4n) is 2.73. The van der Waals surface area contributed by atoms with Gasteiger partial charge in [-0.15, -0.1) is 0 Å². The Morgan fingerprint density at radius 1 is 1.19 bits per heavy atom. The average molecular weight is 385 g/mol. The van der Waals surface area contributed by atoms with E-state index in [1.807, 2.05) is 13.0 Å². The smallest absolute Gasteiger partial charge is 0.287 e. The van der Waals surface area contributed by atoms with Crippen LogP contribution >= 0.6 is 11.6 Å². The molecule has 27 heavy (non-hydrogen) atoms. The molecule has 0 saturated heterocycles. The van der Waals surface area contributed by atoms with Gasteiger partial charge in [-0.1, -0.05) is 37.1 Å². The van der Waals surface area contributed by atoms with Crippen LogP contribution in [0.25, 0.3) is 5.52 Å². The zero-order chi connectivity index (χ0) is 19.4. The molecule has 2 N–H and O–H groups in total. The number of carbonyl (C=O) groups is 2. The third-order valence-electron chi connectivity index (χ3n) is 4.23. The summed E-state index contributed by atoms with van der Waals surface area (Å²) in [5.41, 5.74) is 2.25. The highest BCUT2D eigenvalue weighted by atomic mass is 35.5. The van der Waals surface area contributed by atoms with E-state index < -0.39 is 5.91 Å². The van der Waals surface area contributed by atoms with Gasteiger partial charge in [0, 0.05) is 23.5 Å². The molecule has 140 valence electrons. The lowest BCUT2D eigenvalue weighted by Gasteiger charge is -2.07. The van der Waals surface area contributed by atoms with Crippen molar-refractivity contribution >= 4 is 34.6 Å². The standard InChI is InChI=1S/C20H21ClN4O2/c1-3-4-10-22-20(27)18-24-17(16-7-5-6-11-25(16)18)19(26)23-15-12-14(21)9-8-13(15)2/h5-9,11-12H,3-4,10H2,1-2H3,(H,22,27)(H,23,26). The quantitative estimate of drug-likeness (QED) is 0.629. The molecule has 0 spiro atoms. The Bertz CT molecular complexity index is 997. The number of hydrogen-bond donors (Lipinski definition) is 2. The molecule has 0 radical (unpaired) electrons. The Morgan fingerprint density at radius 2 is 2.00 bits per heavy atom. The molecule has 6 nitrogen and oxygen atoms in total. The minimum atomic E-state index is -0.392. The number of fused-ring (bicyclic) bond motifs is 1. The van der Waals surface area contributed by atoms with Gasteiger partial charge in [0.05, 0.1) is 5.52 Å². The fraction of sp³-hybridized carbons (Fsp3) is 0.250. The summed E-state index contributed by atoms with van der Waals surface area (Å²) in [6.07, 6.45) is 3.59. The summed E-state index contributed by atoms with van der Waals surface area (Å²) in [6, 6.07) is 10.6. The van der Waals surface area contributed by atoms with Crippen molar-refractivity contribution in [3.63, 3.8) is 0 Å². The van der Waals surface area contributed by atoms with Gasteiger partial charge in [0.15, 0.2) is 5.69 Å². The van der Waals surface area contributed by atoms with Gasteiger partial charge in [-0.3, -0.25) is 14.0 Å². The van der Waals surface area contributed by atoms with E-state index in [2.05, 4.69) is 22.5 Å². The zero-order valence-corrected chi connectivity index (χ0v) is 16.0. The van der Waals surface area contributed by atoms with Crippen LogP contribution in [0.4, 0.5) is 5.69 Å². The molecular formula is C20H21ClN4O2. The first kappa shape index (κ1) is 18.9. The first-order valence-electron chi connectivity index (χ1n) is 8.84. The van der Waals surface area contributed by atoms with Crippen LogP contribution in [0.3, 0.4) is 0 Å².